The summed E-state index contributed by atoms with van der Waals surface area (Å²) in [6, 6.07) is 1.29. The van der Waals surface area contributed by atoms with Crippen molar-refractivity contribution < 1.29 is 4.84 Å². The molecule has 1 N–H and O–H groups in total. The topological polar surface area (TPSA) is 24.5 Å². The van der Waals surface area contributed by atoms with Gasteiger partial charge >= 0.3 is 0 Å². The molecule has 2 saturated heterocycles. The van der Waals surface area contributed by atoms with Crippen LogP contribution in [0.1, 0.15) is 45.4 Å². The predicted molar refractivity (Wildman–Crippen MR) is 61.6 cm³/mol. The molecule has 0 spiro atoms. The average molecular weight is 212 g/mol. The molecular formula is C12H24N2O. The first-order valence-electron chi connectivity index (χ1n) is 6.49. The van der Waals surface area contributed by atoms with E-state index in [1.54, 1.807) is 0 Å². The van der Waals surface area contributed by atoms with Gasteiger partial charge in [0.2, 0.25) is 0 Å². The summed E-state index contributed by atoms with van der Waals surface area (Å²) in [4.78, 5) is 5.69. The molecule has 2 unspecified atom stereocenters. The number of hydrogen-bond acceptors (Lipinski definition) is 3. The Balaban J connectivity index is 1.72. The number of nitrogens with zero attached hydrogens (tertiary/aromatic N) is 1. The first-order valence-corrected chi connectivity index (χ1v) is 6.49. The van der Waals surface area contributed by atoms with E-state index in [4.69, 9.17) is 4.84 Å². The highest BCUT2D eigenvalue weighted by molar-refractivity contribution is 4.77. The average Bonchev–Trinajstić information content (AvgIpc) is 2.31. The van der Waals surface area contributed by atoms with Crippen molar-refractivity contribution in [3.05, 3.63) is 0 Å². The highest BCUT2D eigenvalue weighted by Crippen LogP contribution is 2.17. The lowest BCUT2D eigenvalue weighted by Gasteiger charge is -2.34. The quantitative estimate of drug-likeness (QED) is 0.773. The molecule has 3 heteroatoms. The summed E-state index contributed by atoms with van der Waals surface area (Å²) in [6.45, 7) is 5.54. The Hall–Kier alpha value is -0.120. The van der Waals surface area contributed by atoms with Gasteiger partial charge < -0.3 is 5.32 Å². The molecule has 0 saturated carbocycles. The smallest absolute Gasteiger partial charge is 0.0685 e. The van der Waals surface area contributed by atoms with Crippen LogP contribution in [-0.2, 0) is 4.84 Å². The normalized spacial score (nSPS) is 31.4. The highest BCUT2D eigenvalue weighted by atomic mass is 16.7. The lowest BCUT2D eigenvalue weighted by Crippen LogP contribution is -2.43. The van der Waals surface area contributed by atoms with Gasteiger partial charge in [-0.3, -0.25) is 4.84 Å². The fraction of sp³-hybridized carbons (Fsp3) is 1.00. The van der Waals surface area contributed by atoms with Gasteiger partial charge in [0.25, 0.3) is 0 Å². The zero-order chi connectivity index (χ0) is 10.5. The van der Waals surface area contributed by atoms with Crippen molar-refractivity contribution in [3.63, 3.8) is 0 Å². The standard InChI is InChI=1S/C12H24N2O/c1-11(14-8-4-5-9-15-14)10-12-6-2-3-7-13-12/h11-13H,2-10H2,1H3. The summed E-state index contributed by atoms with van der Waals surface area (Å²) >= 11 is 0. The molecule has 0 aliphatic carbocycles. The molecule has 2 fully saturated rings. The number of nitrogens with one attached hydrogen (secondary N) is 1. The third kappa shape index (κ3) is 3.44. The minimum atomic E-state index is 0.570. The van der Waals surface area contributed by atoms with Gasteiger partial charge in [0.05, 0.1) is 6.61 Å². The van der Waals surface area contributed by atoms with Crippen molar-refractivity contribution in [2.45, 2.75) is 57.5 Å². The molecule has 2 aliphatic heterocycles. The van der Waals surface area contributed by atoms with Gasteiger partial charge in [-0.1, -0.05) is 6.42 Å². The summed E-state index contributed by atoms with van der Waals surface area (Å²) in [7, 11) is 0. The first kappa shape index (κ1) is 11.4. The third-order valence-corrected chi connectivity index (χ3v) is 3.56. The van der Waals surface area contributed by atoms with Crippen LogP contribution in [0.25, 0.3) is 0 Å². The van der Waals surface area contributed by atoms with Crippen molar-refractivity contribution in [2.24, 2.45) is 0 Å². The lowest BCUT2D eigenvalue weighted by molar-refractivity contribution is -0.205. The van der Waals surface area contributed by atoms with Crippen LogP contribution < -0.4 is 5.32 Å². The highest BCUT2D eigenvalue weighted by Gasteiger charge is 2.22. The monoisotopic (exact) mass is 212 g/mol. The molecule has 2 rings (SSSR count). The van der Waals surface area contributed by atoms with Crippen LogP contribution in [0.3, 0.4) is 0 Å². The summed E-state index contributed by atoms with van der Waals surface area (Å²) in [5, 5.41) is 5.80. The molecule has 0 bridgehead atoms. The SMILES string of the molecule is CC(CC1CCCCN1)N1CCCCO1. The summed E-state index contributed by atoms with van der Waals surface area (Å²) in [5.41, 5.74) is 0. The summed E-state index contributed by atoms with van der Waals surface area (Å²) in [5.74, 6) is 0. The molecule has 2 heterocycles. The van der Waals surface area contributed by atoms with Gasteiger partial charge in [-0.2, -0.15) is 5.06 Å². The van der Waals surface area contributed by atoms with Gasteiger partial charge in [0.1, 0.15) is 0 Å². The maximum absolute atomic E-state index is 5.69. The molecular weight excluding hydrogens is 188 g/mol. The second-order valence-electron chi connectivity index (χ2n) is 4.91. The lowest BCUT2D eigenvalue weighted by atomic mass is 9.98. The Morgan fingerprint density at radius 3 is 2.93 bits per heavy atom. The Bertz CT molecular complexity index is 174. The Morgan fingerprint density at radius 2 is 2.27 bits per heavy atom. The minimum absolute atomic E-state index is 0.570. The van der Waals surface area contributed by atoms with Crippen molar-refractivity contribution in [1.82, 2.24) is 10.4 Å². The number of rotatable bonds is 3. The van der Waals surface area contributed by atoms with E-state index in [1.807, 2.05) is 0 Å². The third-order valence-electron chi connectivity index (χ3n) is 3.56. The number of piperidine rings is 1. The van der Waals surface area contributed by atoms with Gasteiger partial charge in [-0.05, 0) is 45.6 Å². The van der Waals surface area contributed by atoms with Crippen molar-refractivity contribution in [3.8, 4) is 0 Å². The van der Waals surface area contributed by atoms with Gasteiger partial charge in [0.15, 0.2) is 0 Å². The van der Waals surface area contributed by atoms with Crippen LogP contribution in [0.2, 0.25) is 0 Å². The van der Waals surface area contributed by atoms with E-state index in [-0.39, 0.29) is 0 Å². The van der Waals surface area contributed by atoms with Gasteiger partial charge in [-0.25, -0.2) is 0 Å². The van der Waals surface area contributed by atoms with Crippen LogP contribution in [0.15, 0.2) is 0 Å². The second-order valence-corrected chi connectivity index (χ2v) is 4.91. The maximum Gasteiger partial charge on any atom is 0.0685 e. The molecule has 15 heavy (non-hydrogen) atoms. The van der Waals surface area contributed by atoms with Crippen LogP contribution in [0.5, 0.6) is 0 Å². The molecule has 0 aromatic heterocycles. The van der Waals surface area contributed by atoms with Crippen LogP contribution in [0.4, 0.5) is 0 Å². The van der Waals surface area contributed by atoms with Gasteiger partial charge in [0, 0.05) is 18.6 Å². The molecule has 0 aromatic rings. The second kappa shape index (κ2) is 5.83. The largest absolute Gasteiger partial charge is 0.314 e. The molecule has 0 aromatic carbocycles. The summed E-state index contributed by atoms with van der Waals surface area (Å²) in [6.07, 6.45) is 7.85. The molecule has 3 nitrogen and oxygen atoms in total. The fourth-order valence-corrected chi connectivity index (χ4v) is 2.62. The van der Waals surface area contributed by atoms with E-state index >= 15 is 0 Å². The van der Waals surface area contributed by atoms with Crippen LogP contribution in [0, 0.1) is 0 Å². The fourth-order valence-electron chi connectivity index (χ4n) is 2.62. The maximum atomic E-state index is 5.69. The van der Waals surface area contributed by atoms with Crippen LogP contribution >= 0.6 is 0 Å². The Kier molecular flexibility index (Phi) is 4.42. The van der Waals surface area contributed by atoms with E-state index in [0.29, 0.717) is 6.04 Å². The zero-order valence-electron chi connectivity index (χ0n) is 9.87. The van der Waals surface area contributed by atoms with Crippen LogP contribution in [-0.4, -0.2) is 36.8 Å². The number of hydrogen-bond donors (Lipinski definition) is 1. The molecule has 0 radical (unpaired) electrons. The van der Waals surface area contributed by atoms with E-state index in [1.165, 1.54) is 45.1 Å². The minimum Gasteiger partial charge on any atom is -0.314 e. The predicted octanol–water partition coefficient (Wildman–Crippen LogP) is 1.93. The summed E-state index contributed by atoms with van der Waals surface area (Å²) < 4.78 is 0. The zero-order valence-corrected chi connectivity index (χ0v) is 9.87. The Labute approximate surface area is 93.1 Å². The van der Waals surface area contributed by atoms with Crippen molar-refractivity contribution in [2.75, 3.05) is 19.7 Å². The molecule has 0 amide bonds. The number of hydroxylamine groups is 2. The van der Waals surface area contributed by atoms with Crippen molar-refractivity contribution >= 4 is 0 Å². The van der Waals surface area contributed by atoms with E-state index in [2.05, 4.69) is 17.3 Å². The Morgan fingerprint density at radius 1 is 1.33 bits per heavy atom. The first-order chi connectivity index (χ1) is 7.36. The van der Waals surface area contributed by atoms with Crippen molar-refractivity contribution in [1.29, 1.82) is 0 Å². The van der Waals surface area contributed by atoms with E-state index in [0.717, 1.165) is 19.2 Å². The van der Waals surface area contributed by atoms with E-state index < -0.39 is 0 Å². The van der Waals surface area contributed by atoms with E-state index in [9.17, 15) is 0 Å². The van der Waals surface area contributed by atoms with Gasteiger partial charge in [-0.15, -0.1) is 0 Å². The molecule has 88 valence electrons. The molecule has 2 atom stereocenters. The molecule has 2 aliphatic rings.